The molecule has 11 aromatic rings. The third-order valence-electron chi connectivity index (χ3n) is 11.8. The Morgan fingerprint density at radius 1 is 0.527 bits per heavy atom. The maximum atomic E-state index is 6.28. The van der Waals surface area contributed by atoms with E-state index in [0.29, 0.717) is 5.95 Å². The van der Waals surface area contributed by atoms with Gasteiger partial charge in [-0.2, -0.15) is 0 Å². The third-order valence-corrected chi connectivity index (χ3v) is 11.8. The van der Waals surface area contributed by atoms with Crippen LogP contribution in [0.3, 0.4) is 0 Å². The normalized spacial score (nSPS) is 13.4. The number of pyridine rings is 1. The molecule has 0 bridgehead atoms. The van der Waals surface area contributed by atoms with Gasteiger partial charge in [-0.1, -0.05) is 111 Å². The minimum Gasteiger partial charge on any atom is -0.456 e. The average Bonchev–Trinajstić information content (AvgIpc) is 3.84. The van der Waals surface area contributed by atoms with Crippen molar-refractivity contribution in [2.45, 2.75) is 19.3 Å². The number of nitrogens with zero attached hydrogens (tertiary/aromatic N) is 4. The van der Waals surface area contributed by atoms with Gasteiger partial charge >= 0.3 is 0 Å². The second kappa shape index (κ2) is 11.0. The highest BCUT2D eigenvalue weighted by atomic mass is 16.3. The second-order valence-electron chi connectivity index (χ2n) is 15.2. The van der Waals surface area contributed by atoms with Gasteiger partial charge in [-0.25, -0.2) is 9.97 Å². The van der Waals surface area contributed by atoms with E-state index < -0.39 is 5.41 Å². The van der Waals surface area contributed by atoms with Crippen LogP contribution in [0.2, 0.25) is 0 Å². The summed E-state index contributed by atoms with van der Waals surface area (Å²) >= 11 is 0. The number of para-hydroxylation sites is 3. The molecule has 0 saturated carbocycles. The lowest BCUT2D eigenvalue weighted by molar-refractivity contribution is 0.633. The zero-order valence-corrected chi connectivity index (χ0v) is 30.2. The Morgan fingerprint density at radius 2 is 1.27 bits per heavy atom. The molecule has 0 saturated heterocycles. The van der Waals surface area contributed by atoms with Crippen LogP contribution in [0.5, 0.6) is 0 Å². The molecule has 1 aliphatic carbocycles. The first-order valence-electron chi connectivity index (χ1n) is 18.8. The van der Waals surface area contributed by atoms with Gasteiger partial charge in [-0.3, -0.25) is 9.55 Å². The minimum absolute atomic E-state index is 0.428. The van der Waals surface area contributed by atoms with E-state index >= 15 is 0 Å². The summed E-state index contributed by atoms with van der Waals surface area (Å²) in [7, 11) is 0. The van der Waals surface area contributed by atoms with E-state index in [9.17, 15) is 0 Å². The summed E-state index contributed by atoms with van der Waals surface area (Å²) in [6, 6.07) is 53.9. The maximum absolute atomic E-state index is 6.28. The molecular weight excluding hydrogens is 673 g/mol. The Balaban J connectivity index is 1.16. The van der Waals surface area contributed by atoms with Gasteiger partial charge in [-0.15, -0.1) is 0 Å². The predicted molar refractivity (Wildman–Crippen MR) is 225 cm³/mol. The Labute approximate surface area is 316 Å². The Hall–Kier alpha value is -7.11. The fourth-order valence-corrected chi connectivity index (χ4v) is 9.12. The number of furan rings is 1. The molecule has 0 aliphatic heterocycles. The van der Waals surface area contributed by atoms with Crippen molar-refractivity contribution in [3.8, 4) is 39.5 Å². The van der Waals surface area contributed by atoms with Crippen LogP contribution in [0.15, 0.2) is 162 Å². The standard InChI is InChI=1S/C50H32N4O/c1-50(2)40-27-32(34-17-9-13-29-14-10-24-51-46(29)34)20-22-37(40)45-47(33-21-23-44-39(26-33)36-16-6-8-19-43(36)55-44)52-49(53-48(45)50)54-41-18-7-5-15-35(41)38-25-30-11-3-4-12-31(30)28-42(38)54/h3-28H,1-2H3. The van der Waals surface area contributed by atoms with Crippen LogP contribution in [-0.2, 0) is 5.41 Å². The molecule has 55 heavy (non-hydrogen) atoms. The van der Waals surface area contributed by atoms with Crippen molar-refractivity contribution < 1.29 is 4.42 Å². The van der Waals surface area contributed by atoms with E-state index in [4.69, 9.17) is 19.4 Å². The molecule has 1 aliphatic rings. The molecule has 0 unspecified atom stereocenters. The SMILES string of the molecule is CC1(C)c2cc(-c3cccc4cccnc34)ccc2-c2c(-c3ccc4oc5ccccc5c4c3)nc(-n3c4ccccc4c4cc5ccccc5cc43)nc21. The molecule has 5 heteroatoms. The molecule has 5 nitrogen and oxygen atoms in total. The topological polar surface area (TPSA) is 56.7 Å². The number of hydrogen-bond acceptors (Lipinski definition) is 4. The van der Waals surface area contributed by atoms with Crippen LogP contribution < -0.4 is 0 Å². The van der Waals surface area contributed by atoms with Crippen LogP contribution in [0, 0.1) is 0 Å². The second-order valence-corrected chi connectivity index (χ2v) is 15.2. The average molecular weight is 705 g/mol. The molecule has 0 fully saturated rings. The summed E-state index contributed by atoms with van der Waals surface area (Å²) < 4.78 is 8.55. The van der Waals surface area contributed by atoms with E-state index in [2.05, 4.69) is 152 Å². The van der Waals surface area contributed by atoms with Crippen molar-refractivity contribution in [2.75, 3.05) is 0 Å². The number of benzene rings is 7. The molecule has 0 N–H and O–H groups in total. The molecule has 0 atom stereocenters. The highest BCUT2D eigenvalue weighted by molar-refractivity contribution is 6.13. The number of hydrogen-bond donors (Lipinski definition) is 0. The maximum Gasteiger partial charge on any atom is 0.235 e. The highest BCUT2D eigenvalue weighted by Crippen LogP contribution is 2.53. The zero-order valence-electron chi connectivity index (χ0n) is 30.2. The molecule has 0 spiro atoms. The summed E-state index contributed by atoms with van der Waals surface area (Å²) in [5, 5.41) is 8.04. The Kier molecular flexibility index (Phi) is 6.05. The molecule has 0 amide bonds. The monoisotopic (exact) mass is 704 g/mol. The van der Waals surface area contributed by atoms with E-state index in [0.717, 1.165) is 83.1 Å². The molecule has 0 radical (unpaired) electrons. The van der Waals surface area contributed by atoms with Crippen LogP contribution in [-0.4, -0.2) is 19.5 Å². The molecular formula is C50H32N4O. The van der Waals surface area contributed by atoms with Crippen molar-refractivity contribution in [3.63, 3.8) is 0 Å². The van der Waals surface area contributed by atoms with Crippen molar-refractivity contribution in [3.05, 3.63) is 169 Å². The van der Waals surface area contributed by atoms with Crippen LogP contribution in [0.4, 0.5) is 0 Å². The largest absolute Gasteiger partial charge is 0.456 e. The smallest absolute Gasteiger partial charge is 0.235 e. The Morgan fingerprint density at radius 3 is 2.18 bits per heavy atom. The van der Waals surface area contributed by atoms with Gasteiger partial charge in [0.1, 0.15) is 11.2 Å². The van der Waals surface area contributed by atoms with Gasteiger partial charge in [-0.05, 0) is 82.1 Å². The summed E-state index contributed by atoms with van der Waals surface area (Å²) in [5.74, 6) is 0.659. The molecule has 4 aromatic heterocycles. The van der Waals surface area contributed by atoms with E-state index in [1.165, 1.54) is 27.1 Å². The summed E-state index contributed by atoms with van der Waals surface area (Å²) in [6.07, 6.45) is 1.87. The van der Waals surface area contributed by atoms with Gasteiger partial charge in [0.15, 0.2) is 0 Å². The third kappa shape index (κ3) is 4.26. The van der Waals surface area contributed by atoms with Crippen molar-refractivity contribution >= 4 is 65.4 Å². The molecule has 12 rings (SSSR count). The quantitative estimate of drug-likeness (QED) is 0.184. The highest BCUT2D eigenvalue weighted by Gasteiger charge is 2.40. The number of aromatic nitrogens is 4. The lowest BCUT2D eigenvalue weighted by Gasteiger charge is -2.22. The zero-order chi connectivity index (χ0) is 36.4. The van der Waals surface area contributed by atoms with E-state index in [-0.39, 0.29) is 0 Å². The van der Waals surface area contributed by atoms with Crippen molar-refractivity contribution in [2.24, 2.45) is 0 Å². The first kappa shape index (κ1) is 30.4. The molecule has 4 heterocycles. The van der Waals surface area contributed by atoms with Gasteiger partial charge in [0, 0.05) is 55.2 Å². The predicted octanol–water partition coefficient (Wildman–Crippen LogP) is 12.8. The summed E-state index contributed by atoms with van der Waals surface area (Å²) in [4.78, 5) is 16.0. The van der Waals surface area contributed by atoms with Gasteiger partial charge < -0.3 is 4.42 Å². The van der Waals surface area contributed by atoms with Crippen LogP contribution in [0.25, 0.3) is 105 Å². The van der Waals surface area contributed by atoms with Crippen LogP contribution >= 0.6 is 0 Å². The molecule has 258 valence electrons. The Bertz CT molecular complexity index is 3420. The lowest BCUT2D eigenvalue weighted by atomic mass is 9.84. The first-order valence-corrected chi connectivity index (χ1v) is 18.8. The lowest BCUT2D eigenvalue weighted by Crippen LogP contribution is -2.19. The fraction of sp³-hybridized carbons (Fsp3) is 0.0600. The van der Waals surface area contributed by atoms with Crippen molar-refractivity contribution in [1.82, 2.24) is 19.5 Å². The van der Waals surface area contributed by atoms with E-state index in [1.54, 1.807) is 0 Å². The van der Waals surface area contributed by atoms with Gasteiger partial charge in [0.05, 0.1) is 27.9 Å². The minimum atomic E-state index is -0.428. The summed E-state index contributed by atoms with van der Waals surface area (Å²) in [6.45, 7) is 4.60. The van der Waals surface area contributed by atoms with Gasteiger partial charge in [0.25, 0.3) is 0 Å². The van der Waals surface area contributed by atoms with Crippen molar-refractivity contribution in [1.29, 1.82) is 0 Å². The number of rotatable bonds is 3. The molecule has 7 aromatic carbocycles. The summed E-state index contributed by atoms with van der Waals surface area (Å²) in [5.41, 5.74) is 13.1. The fourth-order valence-electron chi connectivity index (χ4n) is 9.12. The number of fused-ring (bicyclic) bond motifs is 11. The first-order chi connectivity index (χ1) is 27.0. The van der Waals surface area contributed by atoms with E-state index in [1.807, 2.05) is 24.4 Å². The van der Waals surface area contributed by atoms with Crippen LogP contribution in [0.1, 0.15) is 25.1 Å². The van der Waals surface area contributed by atoms with Gasteiger partial charge in [0.2, 0.25) is 5.95 Å².